The minimum absolute atomic E-state index is 0.0302. The minimum atomic E-state index is -0.380. The maximum absolute atomic E-state index is 12.3. The molecule has 1 atom stereocenters. The summed E-state index contributed by atoms with van der Waals surface area (Å²) in [4.78, 5) is 16.9. The number of hydrogen-bond acceptors (Lipinski definition) is 4. The molecule has 0 aliphatic heterocycles. The zero-order valence-corrected chi connectivity index (χ0v) is 13.9. The molecule has 1 aromatic heterocycles. The van der Waals surface area contributed by atoms with Gasteiger partial charge < -0.3 is 4.74 Å². The first-order valence-electron chi connectivity index (χ1n) is 6.56. The Labute approximate surface area is 120 Å². The fraction of sp³-hybridized carbons (Fsp3) is 0.733. The summed E-state index contributed by atoms with van der Waals surface area (Å²) < 4.78 is 5.35. The predicted octanol–water partition coefficient (Wildman–Crippen LogP) is 3.61. The Hall–Kier alpha value is -0.740. The number of carbonyl (C=O) groups is 1. The van der Waals surface area contributed by atoms with E-state index in [1.807, 2.05) is 26.2 Å². The first kappa shape index (κ1) is 16.3. The number of rotatable bonds is 4. The van der Waals surface area contributed by atoms with Crippen LogP contribution in [0.25, 0.3) is 0 Å². The van der Waals surface area contributed by atoms with Crippen LogP contribution in [-0.4, -0.2) is 24.0 Å². The van der Waals surface area contributed by atoms with Gasteiger partial charge in [0.05, 0.1) is 12.1 Å². The summed E-state index contributed by atoms with van der Waals surface area (Å²) in [7, 11) is 1.59. The number of thiazole rings is 1. The van der Waals surface area contributed by atoms with Crippen molar-refractivity contribution in [2.75, 3.05) is 7.11 Å². The molecule has 1 heterocycles. The third-order valence-corrected chi connectivity index (χ3v) is 3.81. The molecular weight excluding hydrogens is 258 g/mol. The van der Waals surface area contributed by atoms with Crippen molar-refractivity contribution in [3.05, 3.63) is 16.1 Å². The quantitative estimate of drug-likeness (QED) is 0.847. The molecule has 0 saturated carbocycles. The Morgan fingerprint density at radius 3 is 2.26 bits per heavy atom. The van der Waals surface area contributed by atoms with Crippen LogP contribution < -0.4 is 0 Å². The zero-order chi connectivity index (χ0) is 14.8. The highest BCUT2D eigenvalue weighted by atomic mass is 32.1. The van der Waals surface area contributed by atoms with Gasteiger partial charge in [0.2, 0.25) is 0 Å². The molecule has 0 spiro atoms. The van der Waals surface area contributed by atoms with E-state index in [1.54, 1.807) is 18.4 Å². The average molecular weight is 283 g/mol. The lowest BCUT2D eigenvalue weighted by atomic mass is 9.85. The zero-order valence-electron chi connectivity index (χ0n) is 13.0. The van der Waals surface area contributed by atoms with Gasteiger partial charge in [0.25, 0.3) is 0 Å². The van der Waals surface area contributed by atoms with E-state index in [2.05, 4.69) is 25.8 Å². The van der Waals surface area contributed by atoms with Crippen LogP contribution in [0.3, 0.4) is 0 Å². The van der Waals surface area contributed by atoms with Gasteiger partial charge in [0, 0.05) is 17.9 Å². The van der Waals surface area contributed by atoms with Crippen LogP contribution in [0.4, 0.5) is 0 Å². The molecule has 0 N–H and O–H groups in total. The van der Waals surface area contributed by atoms with Crippen molar-refractivity contribution in [2.45, 2.75) is 59.5 Å². The first-order chi connectivity index (χ1) is 8.55. The van der Waals surface area contributed by atoms with E-state index in [4.69, 9.17) is 4.74 Å². The summed E-state index contributed by atoms with van der Waals surface area (Å²) in [6.45, 7) is 12.4. The number of aromatic nitrogens is 1. The monoisotopic (exact) mass is 283 g/mol. The molecular formula is C15H25NO2S. The number of methoxy groups -OCH3 is 1. The van der Waals surface area contributed by atoms with E-state index in [0.717, 1.165) is 10.7 Å². The van der Waals surface area contributed by atoms with Crippen molar-refractivity contribution in [1.29, 1.82) is 0 Å². The molecule has 0 radical (unpaired) electrons. The fourth-order valence-corrected chi connectivity index (χ4v) is 2.98. The van der Waals surface area contributed by atoms with Gasteiger partial charge in [-0.1, -0.05) is 41.5 Å². The molecule has 1 rings (SSSR count). The summed E-state index contributed by atoms with van der Waals surface area (Å²) in [5.41, 5.74) is 0.892. The SMILES string of the molecule is COC(C(=O)Cc1nc(C(C)(C)C)cs1)C(C)(C)C. The molecule has 0 aliphatic rings. The minimum Gasteiger partial charge on any atom is -0.373 e. The predicted molar refractivity (Wildman–Crippen MR) is 79.8 cm³/mol. The molecule has 19 heavy (non-hydrogen) atoms. The molecule has 1 unspecified atom stereocenters. The Morgan fingerprint density at radius 2 is 1.89 bits per heavy atom. The number of hydrogen-bond donors (Lipinski definition) is 0. The third kappa shape index (κ3) is 4.39. The summed E-state index contributed by atoms with van der Waals surface area (Å²) in [6.07, 6.45) is -0.0224. The highest BCUT2D eigenvalue weighted by Crippen LogP contribution is 2.27. The van der Waals surface area contributed by atoms with Crippen molar-refractivity contribution >= 4 is 17.1 Å². The van der Waals surface area contributed by atoms with Crippen LogP contribution >= 0.6 is 11.3 Å². The van der Waals surface area contributed by atoms with Crippen molar-refractivity contribution in [3.63, 3.8) is 0 Å². The number of carbonyl (C=O) groups excluding carboxylic acids is 1. The number of ether oxygens (including phenoxy) is 1. The van der Waals surface area contributed by atoms with E-state index < -0.39 is 0 Å². The lowest BCUT2D eigenvalue weighted by Gasteiger charge is -2.27. The molecule has 0 fully saturated rings. The van der Waals surface area contributed by atoms with Gasteiger partial charge in [-0.25, -0.2) is 4.98 Å². The average Bonchev–Trinajstić information content (AvgIpc) is 2.63. The van der Waals surface area contributed by atoms with Gasteiger partial charge in [0.15, 0.2) is 5.78 Å². The largest absolute Gasteiger partial charge is 0.373 e. The Balaban J connectivity index is 2.80. The molecule has 0 saturated heterocycles. The van der Waals surface area contributed by atoms with Crippen molar-refractivity contribution in [2.24, 2.45) is 5.41 Å². The second kappa shape index (κ2) is 5.71. The van der Waals surface area contributed by atoms with Crippen molar-refractivity contribution < 1.29 is 9.53 Å². The summed E-state index contributed by atoms with van der Waals surface area (Å²) in [5, 5.41) is 2.92. The lowest BCUT2D eigenvalue weighted by molar-refractivity contribution is -0.134. The molecule has 0 aliphatic carbocycles. The number of Topliss-reactive ketones (excluding diaryl/α,β-unsaturated/α-hetero) is 1. The van der Waals surface area contributed by atoms with Crippen LogP contribution in [0.2, 0.25) is 0 Å². The summed E-state index contributed by atoms with van der Waals surface area (Å²) in [6, 6.07) is 0. The summed E-state index contributed by atoms with van der Waals surface area (Å²) >= 11 is 1.56. The van der Waals surface area contributed by atoms with E-state index >= 15 is 0 Å². The van der Waals surface area contributed by atoms with Crippen LogP contribution in [0, 0.1) is 5.41 Å². The normalized spacial score (nSPS) is 14.5. The van der Waals surface area contributed by atoms with Crippen molar-refractivity contribution in [3.8, 4) is 0 Å². The van der Waals surface area contributed by atoms with Gasteiger partial charge >= 0.3 is 0 Å². The van der Waals surface area contributed by atoms with Gasteiger partial charge in [-0.15, -0.1) is 11.3 Å². The first-order valence-corrected chi connectivity index (χ1v) is 7.44. The maximum Gasteiger partial charge on any atom is 0.168 e. The van der Waals surface area contributed by atoms with Crippen LogP contribution in [0.1, 0.15) is 52.2 Å². The highest BCUT2D eigenvalue weighted by molar-refractivity contribution is 7.09. The molecule has 3 nitrogen and oxygen atoms in total. The van der Waals surface area contributed by atoms with Crippen molar-refractivity contribution in [1.82, 2.24) is 4.98 Å². The molecule has 4 heteroatoms. The van der Waals surface area contributed by atoms with Gasteiger partial charge in [0.1, 0.15) is 11.1 Å². The van der Waals surface area contributed by atoms with Crippen LogP contribution in [-0.2, 0) is 21.4 Å². The third-order valence-electron chi connectivity index (χ3n) is 2.96. The fourth-order valence-electron chi connectivity index (χ4n) is 1.95. The molecule has 1 aromatic rings. The standard InChI is InChI=1S/C15H25NO2S/c1-14(2,3)11-9-19-12(16-11)8-10(17)13(18-7)15(4,5)6/h9,13H,8H2,1-7H3. The lowest BCUT2D eigenvalue weighted by Crippen LogP contribution is -2.37. The molecule has 108 valence electrons. The second-order valence-corrected chi connectivity index (χ2v) is 7.94. The summed E-state index contributed by atoms with van der Waals surface area (Å²) in [5.74, 6) is 0.102. The molecule has 0 amide bonds. The van der Waals surface area contributed by atoms with Crippen LogP contribution in [0.15, 0.2) is 5.38 Å². The second-order valence-electron chi connectivity index (χ2n) is 7.00. The van der Waals surface area contributed by atoms with Gasteiger partial charge in [-0.05, 0) is 5.41 Å². The van der Waals surface area contributed by atoms with Gasteiger partial charge in [-0.3, -0.25) is 4.79 Å². The maximum atomic E-state index is 12.3. The highest BCUT2D eigenvalue weighted by Gasteiger charge is 2.31. The number of nitrogens with zero attached hydrogens (tertiary/aromatic N) is 1. The van der Waals surface area contributed by atoms with E-state index in [1.165, 1.54) is 0 Å². The molecule has 0 bridgehead atoms. The Bertz CT molecular complexity index is 438. The Kier molecular flexibility index (Phi) is 4.91. The Morgan fingerprint density at radius 1 is 1.32 bits per heavy atom. The van der Waals surface area contributed by atoms with E-state index in [-0.39, 0.29) is 22.7 Å². The molecule has 0 aromatic carbocycles. The van der Waals surface area contributed by atoms with E-state index in [0.29, 0.717) is 6.42 Å². The smallest absolute Gasteiger partial charge is 0.168 e. The van der Waals surface area contributed by atoms with Crippen LogP contribution in [0.5, 0.6) is 0 Å². The topological polar surface area (TPSA) is 39.2 Å². The van der Waals surface area contributed by atoms with Gasteiger partial charge in [-0.2, -0.15) is 0 Å². The number of ketones is 1. The van der Waals surface area contributed by atoms with E-state index in [9.17, 15) is 4.79 Å².